The van der Waals surface area contributed by atoms with E-state index < -0.39 is 0 Å². The van der Waals surface area contributed by atoms with E-state index in [1.54, 1.807) is 0 Å². The number of nitrogens with zero attached hydrogens (tertiary/aromatic N) is 4. The predicted molar refractivity (Wildman–Crippen MR) is 201 cm³/mol. The quantitative estimate of drug-likeness (QED) is 0.194. The monoisotopic (exact) mass is 630 g/mol. The molecule has 0 N–H and O–H groups in total. The van der Waals surface area contributed by atoms with E-state index in [-0.39, 0.29) is 0 Å². The van der Waals surface area contributed by atoms with E-state index in [1.807, 2.05) is 29.5 Å². The first-order valence-corrected chi connectivity index (χ1v) is 16.9. The fourth-order valence-electron chi connectivity index (χ4n) is 7.02. The Balaban J connectivity index is 1.22. The van der Waals surface area contributed by atoms with Gasteiger partial charge >= 0.3 is 0 Å². The SMILES string of the molecule is c1ccc(-c2nc(-c3ccc(-c4nc5c(c6ccccc6n5-c5ccccc5)c5sc6ccccc6c45)cc3)nc3ccccc23)cc1. The minimum Gasteiger partial charge on any atom is -0.294 e. The van der Waals surface area contributed by atoms with E-state index in [2.05, 4.69) is 144 Å². The molecule has 0 fully saturated rings. The molecular formula is C43H26N4S. The zero-order chi connectivity index (χ0) is 31.6. The van der Waals surface area contributed by atoms with Gasteiger partial charge in [0.2, 0.25) is 0 Å². The van der Waals surface area contributed by atoms with Crippen LogP contribution in [-0.2, 0) is 0 Å². The molecule has 0 saturated heterocycles. The third-order valence-corrected chi connectivity index (χ3v) is 10.4. The van der Waals surface area contributed by atoms with Crippen LogP contribution in [0.25, 0.3) is 92.6 Å². The van der Waals surface area contributed by atoms with Gasteiger partial charge < -0.3 is 0 Å². The molecule has 0 amide bonds. The summed E-state index contributed by atoms with van der Waals surface area (Å²) in [5.41, 5.74) is 9.16. The van der Waals surface area contributed by atoms with Crippen LogP contribution < -0.4 is 0 Å². The average Bonchev–Trinajstić information content (AvgIpc) is 3.71. The zero-order valence-corrected chi connectivity index (χ0v) is 26.5. The maximum absolute atomic E-state index is 5.55. The summed E-state index contributed by atoms with van der Waals surface area (Å²) in [5.74, 6) is 0.706. The highest BCUT2D eigenvalue weighted by Crippen LogP contribution is 2.46. The third kappa shape index (κ3) is 4.11. The zero-order valence-electron chi connectivity index (χ0n) is 25.7. The topological polar surface area (TPSA) is 43.6 Å². The van der Waals surface area contributed by atoms with Crippen LogP contribution in [0.1, 0.15) is 0 Å². The predicted octanol–water partition coefficient (Wildman–Crippen LogP) is 11.5. The molecule has 6 aromatic carbocycles. The number of pyridine rings is 1. The highest BCUT2D eigenvalue weighted by molar-refractivity contribution is 7.27. The number of rotatable bonds is 4. The van der Waals surface area contributed by atoms with E-state index in [9.17, 15) is 0 Å². The van der Waals surface area contributed by atoms with Crippen molar-refractivity contribution < 1.29 is 0 Å². The van der Waals surface area contributed by atoms with Crippen molar-refractivity contribution >= 4 is 64.3 Å². The van der Waals surface area contributed by atoms with Gasteiger partial charge in [-0.25, -0.2) is 15.0 Å². The Morgan fingerprint density at radius 2 is 1.06 bits per heavy atom. The van der Waals surface area contributed by atoms with Crippen LogP contribution in [-0.4, -0.2) is 19.5 Å². The molecule has 48 heavy (non-hydrogen) atoms. The van der Waals surface area contributed by atoms with E-state index in [4.69, 9.17) is 15.0 Å². The van der Waals surface area contributed by atoms with Crippen molar-refractivity contribution in [3.63, 3.8) is 0 Å². The standard InChI is InChI=1S/C43H26N4S/c1-3-13-27(14-4-1)39-31-17-7-10-20-34(31)44-42(45-39)29-25-23-28(24-26-29)40-37-33-19-9-12-22-36(33)48-41(37)38-32-18-8-11-21-35(32)47(43(38)46-40)30-15-5-2-6-16-30/h1-26H. The maximum atomic E-state index is 5.55. The molecule has 0 unspecified atom stereocenters. The molecule has 0 spiro atoms. The van der Waals surface area contributed by atoms with Gasteiger partial charge in [-0.2, -0.15) is 0 Å². The van der Waals surface area contributed by atoms with Crippen molar-refractivity contribution in [2.75, 3.05) is 0 Å². The van der Waals surface area contributed by atoms with Crippen LogP contribution in [0.5, 0.6) is 0 Å². The van der Waals surface area contributed by atoms with Gasteiger partial charge in [-0.1, -0.05) is 127 Å². The van der Waals surface area contributed by atoms with E-state index in [0.717, 1.165) is 55.8 Å². The van der Waals surface area contributed by atoms with Gasteiger partial charge in [0.05, 0.1) is 22.4 Å². The minimum absolute atomic E-state index is 0.706. The Labute approximate surface area is 280 Å². The Hall–Kier alpha value is -6.17. The summed E-state index contributed by atoms with van der Waals surface area (Å²) in [6.07, 6.45) is 0. The molecular weight excluding hydrogens is 605 g/mol. The summed E-state index contributed by atoms with van der Waals surface area (Å²) in [7, 11) is 0. The highest BCUT2D eigenvalue weighted by atomic mass is 32.1. The summed E-state index contributed by atoms with van der Waals surface area (Å²) in [4.78, 5) is 15.7. The van der Waals surface area contributed by atoms with Gasteiger partial charge in [0.1, 0.15) is 5.65 Å². The van der Waals surface area contributed by atoms with Crippen LogP contribution in [0.15, 0.2) is 158 Å². The molecule has 0 radical (unpaired) electrons. The number of benzene rings is 6. The van der Waals surface area contributed by atoms with Gasteiger partial charge in [0, 0.05) is 58.7 Å². The normalized spacial score (nSPS) is 11.8. The van der Waals surface area contributed by atoms with Crippen molar-refractivity contribution in [1.29, 1.82) is 0 Å². The molecule has 0 bridgehead atoms. The lowest BCUT2D eigenvalue weighted by Crippen LogP contribution is -1.97. The molecule has 224 valence electrons. The second-order valence-electron chi connectivity index (χ2n) is 12.0. The number of hydrogen-bond acceptors (Lipinski definition) is 4. The van der Waals surface area contributed by atoms with Gasteiger partial charge in [0.15, 0.2) is 5.82 Å². The third-order valence-electron chi connectivity index (χ3n) is 9.21. The summed E-state index contributed by atoms with van der Waals surface area (Å²) in [5, 5.41) is 5.88. The van der Waals surface area contributed by atoms with Gasteiger partial charge in [-0.3, -0.25) is 4.57 Å². The second kappa shape index (κ2) is 10.7. The first-order chi connectivity index (χ1) is 23.8. The van der Waals surface area contributed by atoms with Crippen molar-refractivity contribution in [1.82, 2.24) is 19.5 Å². The molecule has 4 nitrogen and oxygen atoms in total. The van der Waals surface area contributed by atoms with Crippen LogP contribution in [0.4, 0.5) is 0 Å². The second-order valence-corrected chi connectivity index (χ2v) is 13.1. The van der Waals surface area contributed by atoms with Gasteiger partial charge in [0.25, 0.3) is 0 Å². The fraction of sp³-hybridized carbons (Fsp3) is 0. The van der Waals surface area contributed by atoms with Crippen LogP contribution in [0, 0.1) is 0 Å². The van der Waals surface area contributed by atoms with Gasteiger partial charge in [-0.15, -0.1) is 11.3 Å². The fourth-order valence-corrected chi connectivity index (χ4v) is 8.28. The van der Waals surface area contributed by atoms with Crippen molar-refractivity contribution in [3.8, 4) is 39.6 Å². The molecule has 0 aliphatic carbocycles. The molecule has 10 rings (SSSR count). The van der Waals surface area contributed by atoms with E-state index >= 15 is 0 Å². The summed E-state index contributed by atoms with van der Waals surface area (Å²) < 4.78 is 4.83. The van der Waals surface area contributed by atoms with Crippen molar-refractivity contribution in [2.24, 2.45) is 0 Å². The van der Waals surface area contributed by atoms with E-state index in [0.29, 0.717) is 5.82 Å². The number of fused-ring (bicyclic) bond motifs is 8. The lowest BCUT2D eigenvalue weighted by molar-refractivity contribution is 1.14. The maximum Gasteiger partial charge on any atom is 0.160 e. The van der Waals surface area contributed by atoms with Crippen LogP contribution in [0.2, 0.25) is 0 Å². The number of thiophene rings is 1. The summed E-state index contributed by atoms with van der Waals surface area (Å²) in [6.45, 7) is 0. The van der Waals surface area contributed by atoms with Crippen LogP contribution in [0.3, 0.4) is 0 Å². The highest BCUT2D eigenvalue weighted by Gasteiger charge is 2.22. The molecule has 5 heteroatoms. The number of aromatic nitrogens is 4. The Morgan fingerprint density at radius 1 is 0.438 bits per heavy atom. The molecule has 0 aliphatic rings. The molecule has 4 heterocycles. The number of para-hydroxylation sites is 3. The molecule has 10 aromatic rings. The Kier molecular flexibility index (Phi) is 6.01. The lowest BCUT2D eigenvalue weighted by atomic mass is 10.0. The first-order valence-electron chi connectivity index (χ1n) is 16.0. The largest absolute Gasteiger partial charge is 0.294 e. The Bertz CT molecular complexity index is 2820. The van der Waals surface area contributed by atoms with Gasteiger partial charge in [-0.05, 0) is 30.3 Å². The van der Waals surface area contributed by atoms with Crippen LogP contribution >= 0.6 is 11.3 Å². The lowest BCUT2D eigenvalue weighted by Gasteiger charge is -2.11. The average molecular weight is 631 g/mol. The number of hydrogen-bond donors (Lipinski definition) is 0. The molecule has 0 atom stereocenters. The molecule has 4 aromatic heterocycles. The van der Waals surface area contributed by atoms with Crippen molar-refractivity contribution in [2.45, 2.75) is 0 Å². The summed E-state index contributed by atoms with van der Waals surface area (Å²) in [6, 6.07) is 55.1. The Morgan fingerprint density at radius 3 is 1.88 bits per heavy atom. The van der Waals surface area contributed by atoms with E-state index in [1.165, 1.54) is 30.9 Å². The first kappa shape index (κ1) is 27.0. The molecule has 0 saturated carbocycles. The smallest absolute Gasteiger partial charge is 0.160 e. The van der Waals surface area contributed by atoms with Crippen molar-refractivity contribution in [3.05, 3.63) is 158 Å². The minimum atomic E-state index is 0.706. The summed E-state index contributed by atoms with van der Waals surface area (Å²) >= 11 is 1.85. The molecule has 0 aliphatic heterocycles.